The van der Waals surface area contributed by atoms with Crippen molar-refractivity contribution in [2.24, 2.45) is 11.7 Å². The molecule has 0 radical (unpaired) electrons. The maximum atomic E-state index is 12.4. The minimum atomic E-state index is -4.32. The number of rotatable bonds is 4. The highest BCUT2D eigenvalue weighted by atomic mass is 19.4. The maximum absolute atomic E-state index is 12.4. The van der Waals surface area contributed by atoms with E-state index in [4.69, 9.17) is 5.73 Å². The van der Waals surface area contributed by atoms with Gasteiger partial charge in [0.05, 0.1) is 11.2 Å². The Morgan fingerprint density at radius 3 is 2.11 bits per heavy atom. The molecule has 1 unspecified atom stereocenters. The molecule has 1 aromatic carbocycles. The van der Waals surface area contributed by atoms with Gasteiger partial charge in [0.1, 0.15) is 0 Å². The van der Waals surface area contributed by atoms with Crippen LogP contribution in [0.4, 0.5) is 13.2 Å². The van der Waals surface area contributed by atoms with Gasteiger partial charge in [-0.05, 0) is 36.5 Å². The van der Waals surface area contributed by atoms with Crippen molar-refractivity contribution >= 4 is 0 Å². The van der Waals surface area contributed by atoms with E-state index in [1.807, 2.05) is 0 Å². The van der Waals surface area contributed by atoms with Crippen LogP contribution in [0.5, 0.6) is 0 Å². The molecule has 0 aromatic heterocycles. The van der Waals surface area contributed by atoms with Crippen molar-refractivity contribution in [3.63, 3.8) is 0 Å². The van der Waals surface area contributed by atoms with Gasteiger partial charge in [-0.25, -0.2) is 0 Å². The quantitative estimate of drug-likeness (QED) is 0.871. The molecule has 1 atom stereocenters. The third-order valence-electron chi connectivity index (χ3n) is 3.48. The van der Waals surface area contributed by atoms with E-state index in [-0.39, 0.29) is 12.5 Å². The van der Waals surface area contributed by atoms with Gasteiger partial charge in [0.25, 0.3) is 0 Å². The minimum Gasteiger partial charge on any atom is -0.388 e. The molecule has 2 nitrogen and oxygen atoms in total. The van der Waals surface area contributed by atoms with Gasteiger partial charge in [0, 0.05) is 13.0 Å². The second-order valence-electron chi connectivity index (χ2n) is 4.95. The van der Waals surface area contributed by atoms with Crippen LogP contribution in [-0.2, 0) is 12.6 Å². The summed E-state index contributed by atoms with van der Waals surface area (Å²) in [4.78, 5) is 0. The van der Waals surface area contributed by atoms with Gasteiger partial charge in [-0.3, -0.25) is 0 Å². The number of hydrogen-bond donors (Lipinski definition) is 2. The van der Waals surface area contributed by atoms with Crippen LogP contribution >= 0.6 is 0 Å². The molecular formula is C13H16F3NO. The summed E-state index contributed by atoms with van der Waals surface area (Å²) in [6.07, 6.45) is -2.13. The average molecular weight is 259 g/mol. The van der Waals surface area contributed by atoms with Crippen LogP contribution in [0.3, 0.4) is 0 Å². The molecule has 1 aliphatic carbocycles. The molecule has 0 spiro atoms. The van der Waals surface area contributed by atoms with Crippen LogP contribution in [0.15, 0.2) is 24.3 Å². The van der Waals surface area contributed by atoms with Crippen LogP contribution in [-0.4, -0.2) is 17.3 Å². The van der Waals surface area contributed by atoms with Crippen molar-refractivity contribution in [3.8, 4) is 0 Å². The molecular weight excluding hydrogens is 243 g/mol. The molecule has 0 saturated heterocycles. The number of nitrogens with two attached hydrogens (primary N) is 1. The lowest BCUT2D eigenvalue weighted by atomic mass is 9.89. The highest BCUT2D eigenvalue weighted by Crippen LogP contribution is 2.41. The summed E-state index contributed by atoms with van der Waals surface area (Å²) < 4.78 is 37.2. The fraction of sp³-hybridized carbons (Fsp3) is 0.538. The van der Waals surface area contributed by atoms with E-state index >= 15 is 0 Å². The van der Waals surface area contributed by atoms with Crippen molar-refractivity contribution in [1.82, 2.24) is 0 Å². The van der Waals surface area contributed by atoms with E-state index in [2.05, 4.69) is 0 Å². The number of benzene rings is 1. The first-order valence-electron chi connectivity index (χ1n) is 5.94. The predicted molar refractivity (Wildman–Crippen MR) is 61.9 cm³/mol. The van der Waals surface area contributed by atoms with Crippen molar-refractivity contribution in [2.75, 3.05) is 6.54 Å². The summed E-state index contributed by atoms with van der Waals surface area (Å²) in [7, 11) is 0. The Bertz CT molecular complexity index is 411. The normalized spacial score (nSPS) is 19.6. The first-order valence-corrected chi connectivity index (χ1v) is 5.94. The minimum absolute atomic E-state index is 0.138. The molecule has 0 aliphatic heterocycles. The third-order valence-corrected chi connectivity index (χ3v) is 3.48. The summed E-state index contributed by atoms with van der Waals surface area (Å²) in [6, 6.07) is 4.90. The van der Waals surface area contributed by atoms with E-state index in [1.54, 1.807) is 0 Å². The lowest BCUT2D eigenvalue weighted by molar-refractivity contribution is -0.137. The third kappa shape index (κ3) is 2.84. The average Bonchev–Trinajstić information content (AvgIpc) is 3.12. The SMILES string of the molecule is NCC(O)(Cc1ccc(C(F)(F)F)cc1)C1CC1. The summed E-state index contributed by atoms with van der Waals surface area (Å²) in [6.45, 7) is 0.138. The molecule has 0 heterocycles. The Morgan fingerprint density at radius 1 is 1.17 bits per heavy atom. The van der Waals surface area contributed by atoms with E-state index in [1.165, 1.54) is 12.1 Å². The van der Waals surface area contributed by atoms with Gasteiger partial charge in [0.2, 0.25) is 0 Å². The Morgan fingerprint density at radius 2 is 1.72 bits per heavy atom. The smallest absolute Gasteiger partial charge is 0.388 e. The molecule has 18 heavy (non-hydrogen) atoms. The number of aliphatic hydroxyl groups is 1. The molecule has 3 N–H and O–H groups in total. The molecule has 0 amide bonds. The molecule has 2 rings (SSSR count). The molecule has 5 heteroatoms. The van der Waals surface area contributed by atoms with Gasteiger partial charge in [-0.1, -0.05) is 12.1 Å². The maximum Gasteiger partial charge on any atom is 0.416 e. The summed E-state index contributed by atoms with van der Waals surface area (Å²) in [5.74, 6) is 0.185. The number of alkyl halides is 3. The summed E-state index contributed by atoms with van der Waals surface area (Å²) in [5.41, 5.74) is 4.60. The molecule has 1 aromatic rings. The monoisotopic (exact) mass is 259 g/mol. The van der Waals surface area contributed by atoms with Crippen molar-refractivity contribution in [1.29, 1.82) is 0 Å². The Hall–Kier alpha value is -1.07. The summed E-state index contributed by atoms with van der Waals surface area (Å²) in [5, 5.41) is 10.3. The summed E-state index contributed by atoms with van der Waals surface area (Å²) >= 11 is 0. The van der Waals surface area contributed by atoms with Gasteiger partial charge in [-0.2, -0.15) is 13.2 Å². The van der Waals surface area contributed by atoms with E-state index in [0.717, 1.165) is 25.0 Å². The van der Waals surface area contributed by atoms with Crippen LogP contribution in [0.2, 0.25) is 0 Å². The standard InChI is InChI=1S/C13H16F3NO/c14-13(15,16)11-3-1-9(2-4-11)7-12(18,8-17)10-5-6-10/h1-4,10,18H,5-8,17H2. The predicted octanol–water partition coefficient (Wildman–Crippen LogP) is 2.35. The molecule has 1 saturated carbocycles. The largest absolute Gasteiger partial charge is 0.416 e. The molecule has 0 bridgehead atoms. The highest BCUT2D eigenvalue weighted by molar-refractivity contribution is 5.26. The zero-order chi connectivity index (χ0) is 13.4. The topological polar surface area (TPSA) is 46.2 Å². The van der Waals surface area contributed by atoms with E-state index in [9.17, 15) is 18.3 Å². The molecule has 1 fully saturated rings. The highest BCUT2D eigenvalue weighted by Gasteiger charge is 2.42. The van der Waals surface area contributed by atoms with Crippen LogP contribution in [0.1, 0.15) is 24.0 Å². The van der Waals surface area contributed by atoms with Gasteiger partial charge >= 0.3 is 6.18 Å². The van der Waals surface area contributed by atoms with Crippen LogP contribution < -0.4 is 5.73 Å². The molecule has 100 valence electrons. The molecule has 1 aliphatic rings. The van der Waals surface area contributed by atoms with E-state index in [0.29, 0.717) is 12.0 Å². The zero-order valence-corrected chi connectivity index (χ0v) is 9.87. The Balaban J connectivity index is 2.10. The Labute approximate surface area is 104 Å². The van der Waals surface area contributed by atoms with Gasteiger partial charge in [0.15, 0.2) is 0 Å². The fourth-order valence-electron chi connectivity index (χ4n) is 2.17. The second-order valence-corrected chi connectivity index (χ2v) is 4.95. The lowest BCUT2D eigenvalue weighted by Gasteiger charge is -2.26. The fourth-order valence-corrected chi connectivity index (χ4v) is 2.17. The second kappa shape index (κ2) is 4.55. The number of halogens is 3. The van der Waals surface area contributed by atoms with Crippen molar-refractivity contribution in [3.05, 3.63) is 35.4 Å². The van der Waals surface area contributed by atoms with Gasteiger partial charge in [-0.15, -0.1) is 0 Å². The number of hydrogen-bond acceptors (Lipinski definition) is 2. The zero-order valence-electron chi connectivity index (χ0n) is 9.87. The lowest BCUT2D eigenvalue weighted by Crippen LogP contribution is -2.42. The van der Waals surface area contributed by atoms with Crippen molar-refractivity contribution in [2.45, 2.75) is 31.0 Å². The first kappa shape index (κ1) is 13.4. The Kier molecular flexibility index (Phi) is 3.38. The van der Waals surface area contributed by atoms with Crippen LogP contribution in [0, 0.1) is 5.92 Å². The first-order chi connectivity index (χ1) is 8.35. The van der Waals surface area contributed by atoms with Crippen LogP contribution in [0.25, 0.3) is 0 Å². The van der Waals surface area contributed by atoms with E-state index < -0.39 is 17.3 Å². The van der Waals surface area contributed by atoms with Crippen molar-refractivity contribution < 1.29 is 18.3 Å². The van der Waals surface area contributed by atoms with Gasteiger partial charge < -0.3 is 10.8 Å².